The topological polar surface area (TPSA) is 26.0 Å². The van der Waals surface area contributed by atoms with Gasteiger partial charge in [0.15, 0.2) is 0 Å². The summed E-state index contributed by atoms with van der Waals surface area (Å²) in [4.78, 5) is 0. The molecule has 0 aliphatic heterocycles. The predicted octanol–water partition coefficient (Wildman–Crippen LogP) is 4.82. The Bertz CT molecular complexity index is 476. The molecule has 0 amide bonds. The second-order valence-electron chi connectivity index (χ2n) is 5.22. The Kier molecular flexibility index (Phi) is 6.07. The Labute approximate surface area is 122 Å². The molecule has 2 heteroatoms. The number of hydrogen-bond donors (Lipinski definition) is 1. The average Bonchev–Trinajstić information content (AvgIpc) is 2.39. The van der Waals surface area contributed by atoms with Gasteiger partial charge in [-0.05, 0) is 29.0 Å². The molecule has 19 heavy (non-hydrogen) atoms. The van der Waals surface area contributed by atoms with E-state index in [0.717, 1.165) is 6.42 Å². The van der Waals surface area contributed by atoms with Crippen LogP contribution in [0.4, 0.5) is 0 Å². The third-order valence-electron chi connectivity index (χ3n) is 3.17. The van der Waals surface area contributed by atoms with Crippen LogP contribution >= 0.6 is 12.4 Å². The lowest BCUT2D eigenvalue weighted by Gasteiger charge is -2.14. The SMILES string of the molecule is CC(C)C[C@@H](N)c1ccc(-c2ccccc2)cc1.Cl. The fraction of sp³-hybridized carbons (Fsp3) is 0.294. The smallest absolute Gasteiger partial charge is 0.0297 e. The number of halogens is 1. The van der Waals surface area contributed by atoms with E-state index in [2.05, 4.69) is 62.4 Å². The Morgan fingerprint density at radius 3 is 1.89 bits per heavy atom. The van der Waals surface area contributed by atoms with Crippen molar-refractivity contribution in [3.05, 3.63) is 60.2 Å². The van der Waals surface area contributed by atoms with Crippen LogP contribution in [0.15, 0.2) is 54.6 Å². The maximum absolute atomic E-state index is 6.18. The van der Waals surface area contributed by atoms with Gasteiger partial charge in [-0.3, -0.25) is 0 Å². The van der Waals surface area contributed by atoms with Crippen molar-refractivity contribution in [2.24, 2.45) is 11.7 Å². The van der Waals surface area contributed by atoms with Crippen molar-refractivity contribution >= 4 is 12.4 Å². The van der Waals surface area contributed by atoms with Crippen molar-refractivity contribution < 1.29 is 0 Å². The molecule has 2 aromatic carbocycles. The lowest BCUT2D eigenvalue weighted by molar-refractivity contribution is 0.510. The molecule has 0 aliphatic carbocycles. The van der Waals surface area contributed by atoms with E-state index in [4.69, 9.17) is 5.73 Å². The van der Waals surface area contributed by atoms with Crippen LogP contribution in [0.25, 0.3) is 11.1 Å². The molecule has 0 fully saturated rings. The molecule has 2 N–H and O–H groups in total. The molecule has 0 unspecified atom stereocenters. The second-order valence-corrected chi connectivity index (χ2v) is 5.22. The fourth-order valence-corrected chi connectivity index (χ4v) is 2.20. The molecule has 0 saturated heterocycles. The Balaban J connectivity index is 0.00000180. The summed E-state index contributed by atoms with van der Waals surface area (Å²) in [5.74, 6) is 0.633. The van der Waals surface area contributed by atoms with Gasteiger partial charge in [0.05, 0.1) is 0 Å². The van der Waals surface area contributed by atoms with Gasteiger partial charge in [-0.1, -0.05) is 68.4 Å². The Morgan fingerprint density at radius 2 is 1.37 bits per heavy atom. The van der Waals surface area contributed by atoms with Crippen LogP contribution < -0.4 is 5.73 Å². The molecule has 0 heterocycles. The lowest BCUT2D eigenvalue weighted by atomic mass is 9.96. The molecule has 1 nitrogen and oxygen atoms in total. The van der Waals surface area contributed by atoms with Crippen LogP contribution in [0.2, 0.25) is 0 Å². The van der Waals surface area contributed by atoms with E-state index in [1.54, 1.807) is 0 Å². The summed E-state index contributed by atoms with van der Waals surface area (Å²) in [6.45, 7) is 4.41. The summed E-state index contributed by atoms with van der Waals surface area (Å²) in [5.41, 5.74) is 9.91. The molecule has 1 atom stereocenters. The van der Waals surface area contributed by atoms with Crippen molar-refractivity contribution in [2.45, 2.75) is 26.3 Å². The highest BCUT2D eigenvalue weighted by Gasteiger charge is 2.08. The standard InChI is InChI=1S/C17H21N.ClH/c1-13(2)12-17(18)16-10-8-15(9-11-16)14-6-4-3-5-7-14;/h3-11,13,17H,12,18H2,1-2H3;1H/t17-;/m1./s1. The van der Waals surface area contributed by atoms with E-state index >= 15 is 0 Å². The van der Waals surface area contributed by atoms with E-state index in [-0.39, 0.29) is 18.4 Å². The van der Waals surface area contributed by atoms with E-state index < -0.39 is 0 Å². The first-order valence-electron chi connectivity index (χ1n) is 6.58. The first-order chi connectivity index (χ1) is 8.66. The molecule has 0 bridgehead atoms. The zero-order chi connectivity index (χ0) is 13.0. The average molecular weight is 276 g/mol. The third kappa shape index (κ3) is 4.38. The van der Waals surface area contributed by atoms with Gasteiger partial charge in [0, 0.05) is 6.04 Å². The first kappa shape index (κ1) is 15.7. The summed E-state index contributed by atoms with van der Waals surface area (Å²) in [5, 5.41) is 0. The summed E-state index contributed by atoms with van der Waals surface area (Å²) >= 11 is 0. The lowest BCUT2D eigenvalue weighted by Crippen LogP contribution is -2.12. The van der Waals surface area contributed by atoms with Crippen LogP contribution in [-0.2, 0) is 0 Å². The first-order valence-corrected chi connectivity index (χ1v) is 6.58. The van der Waals surface area contributed by atoms with Crippen LogP contribution in [0.3, 0.4) is 0 Å². The molecular weight excluding hydrogens is 254 g/mol. The second kappa shape index (κ2) is 7.32. The Morgan fingerprint density at radius 1 is 0.842 bits per heavy atom. The van der Waals surface area contributed by atoms with Crippen molar-refractivity contribution in [3.63, 3.8) is 0 Å². The van der Waals surface area contributed by atoms with Gasteiger partial charge in [-0.2, -0.15) is 0 Å². The van der Waals surface area contributed by atoms with Crippen molar-refractivity contribution in [2.75, 3.05) is 0 Å². The zero-order valence-corrected chi connectivity index (χ0v) is 12.4. The van der Waals surface area contributed by atoms with Crippen LogP contribution in [0.1, 0.15) is 31.9 Å². The van der Waals surface area contributed by atoms with E-state index in [1.807, 2.05) is 6.07 Å². The number of rotatable bonds is 4. The highest BCUT2D eigenvalue weighted by atomic mass is 35.5. The van der Waals surface area contributed by atoms with Crippen molar-refractivity contribution in [1.82, 2.24) is 0 Å². The maximum atomic E-state index is 6.18. The molecule has 0 spiro atoms. The molecule has 0 saturated carbocycles. The number of hydrogen-bond acceptors (Lipinski definition) is 1. The maximum Gasteiger partial charge on any atom is 0.0297 e. The summed E-state index contributed by atoms with van der Waals surface area (Å²) in [6, 6.07) is 19.2. The summed E-state index contributed by atoms with van der Waals surface area (Å²) in [7, 11) is 0. The van der Waals surface area contributed by atoms with E-state index in [0.29, 0.717) is 5.92 Å². The van der Waals surface area contributed by atoms with Gasteiger partial charge in [0.1, 0.15) is 0 Å². The van der Waals surface area contributed by atoms with Crippen LogP contribution in [-0.4, -0.2) is 0 Å². The molecule has 0 aromatic heterocycles. The largest absolute Gasteiger partial charge is 0.324 e. The Hall–Kier alpha value is -1.31. The third-order valence-corrected chi connectivity index (χ3v) is 3.17. The van der Waals surface area contributed by atoms with Gasteiger partial charge >= 0.3 is 0 Å². The highest BCUT2D eigenvalue weighted by molar-refractivity contribution is 5.85. The highest BCUT2D eigenvalue weighted by Crippen LogP contribution is 2.23. The summed E-state index contributed by atoms with van der Waals surface area (Å²) < 4.78 is 0. The quantitative estimate of drug-likeness (QED) is 0.850. The normalized spacial score (nSPS) is 12.0. The molecule has 2 aromatic rings. The summed E-state index contributed by atoms with van der Waals surface area (Å²) in [6.07, 6.45) is 1.03. The number of nitrogens with two attached hydrogens (primary N) is 1. The van der Waals surface area contributed by atoms with Gasteiger partial charge in [-0.25, -0.2) is 0 Å². The predicted molar refractivity (Wildman–Crippen MR) is 85.5 cm³/mol. The minimum atomic E-state index is 0. The van der Waals surface area contributed by atoms with Crippen molar-refractivity contribution in [1.29, 1.82) is 0 Å². The van der Waals surface area contributed by atoms with Crippen molar-refractivity contribution in [3.8, 4) is 11.1 Å². The minimum Gasteiger partial charge on any atom is -0.324 e. The van der Waals surface area contributed by atoms with Crippen LogP contribution in [0.5, 0.6) is 0 Å². The zero-order valence-electron chi connectivity index (χ0n) is 11.5. The molecule has 0 aliphatic rings. The molecule has 2 rings (SSSR count). The van der Waals surface area contributed by atoms with E-state index in [1.165, 1.54) is 16.7 Å². The molecule has 102 valence electrons. The van der Waals surface area contributed by atoms with Gasteiger partial charge in [-0.15, -0.1) is 12.4 Å². The number of benzene rings is 2. The monoisotopic (exact) mass is 275 g/mol. The molecule has 0 radical (unpaired) electrons. The minimum absolute atomic E-state index is 0. The molecular formula is C17H22ClN. The fourth-order valence-electron chi connectivity index (χ4n) is 2.20. The van der Waals surface area contributed by atoms with Gasteiger partial charge in [0.25, 0.3) is 0 Å². The van der Waals surface area contributed by atoms with Crippen LogP contribution in [0, 0.1) is 5.92 Å². The van der Waals surface area contributed by atoms with E-state index in [9.17, 15) is 0 Å². The van der Waals surface area contributed by atoms with Gasteiger partial charge in [0.2, 0.25) is 0 Å². The van der Waals surface area contributed by atoms with Gasteiger partial charge < -0.3 is 5.73 Å².